The summed E-state index contributed by atoms with van der Waals surface area (Å²) < 4.78 is 49.4. The molecule has 0 bridgehead atoms. The Morgan fingerprint density at radius 1 is 1.00 bits per heavy atom. The van der Waals surface area contributed by atoms with E-state index in [-0.39, 0.29) is 17.1 Å². The summed E-state index contributed by atoms with van der Waals surface area (Å²) in [4.78, 5) is 41.7. The molecule has 2 aliphatic heterocycles. The molecule has 2 saturated heterocycles. The van der Waals surface area contributed by atoms with Gasteiger partial charge in [0.15, 0.2) is 23.7 Å². The van der Waals surface area contributed by atoms with Crippen LogP contribution in [0.25, 0.3) is 11.2 Å². The average Bonchev–Trinajstić information content (AvgIpc) is 3.38. The molecule has 0 radical (unpaired) electrons. The number of aromatic nitrogens is 4. The molecule has 21 nitrogen and oxygen atoms in total. The first-order chi connectivity index (χ1) is 18.1. The molecule has 11 atom stereocenters. The van der Waals surface area contributed by atoms with Gasteiger partial charge in [-0.3, -0.25) is 23.4 Å². The number of anilines is 1. The van der Waals surface area contributed by atoms with Crippen LogP contribution >= 0.6 is 15.6 Å². The molecular formula is C16H26N6O15P2. The molecule has 0 aromatic carbocycles. The van der Waals surface area contributed by atoms with E-state index in [0.29, 0.717) is 0 Å². The maximum absolute atomic E-state index is 12.3. The summed E-state index contributed by atoms with van der Waals surface area (Å²) in [5.74, 6) is -0.272. The summed E-state index contributed by atoms with van der Waals surface area (Å²) >= 11 is 0. The van der Waals surface area contributed by atoms with E-state index in [2.05, 4.69) is 28.3 Å². The molecule has 4 heterocycles. The molecule has 12 N–H and O–H groups in total. The molecular weight excluding hydrogens is 578 g/mol. The number of rotatable bonds is 9. The van der Waals surface area contributed by atoms with Gasteiger partial charge in [-0.05, 0) is 0 Å². The Bertz CT molecular complexity index is 1340. The SMILES string of the molecule is NC[C@@H]1O[C@H](OP(=O)(O)OP(=O)(O)OC[C@H]2O[C@@H](n3cnc4c(=O)[nH]c(N)nc43)[C@H](O)[C@@H]2O)[C@@H](O)[C@H](O)[C@@H]1O. The van der Waals surface area contributed by atoms with Crippen LogP contribution in [-0.4, -0.2) is 117 Å². The lowest BCUT2D eigenvalue weighted by atomic mass is 9.99. The first-order valence-electron chi connectivity index (χ1n) is 11.0. The number of aliphatic hydroxyl groups excluding tert-OH is 5. The molecule has 0 aliphatic carbocycles. The number of nitrogens with two attached hydrogens (primary N) is 2. The highest BCUT2D eigenvalue weighted by atomic mass is 31.3. The zero-order chi connectivity index (χ0) is 28.9. The van der Waals surface area contributed by atoms with Gasteiger partial charge in [0.2, 0.25) is 5.95 Å². The summed E-state index contributed by atoms with van der Waals surface area (Å²) in [6.07, 6.45) is -14.4. The van der Waals surface area contributed by atoms with Gasteiger partial charge in [-0.1, -0.05) is 0 Å². The van der Waals surface area contributed by atoms with Crippen molar-refractivity contribution in [2.24, 2.45) is 5.73 Å². The zero-order valence-electron chi connectivity index (χ0n) is 19.5. The standard InChI is InChI=1S/C16H26N6O15P2/c17-1-4-7(23)9(25)11(27)15(35-4)36-39(31,32)37-38(29,30)33-2-5-8(24)10(26)14(34-5)22-3-19-6-12(22)20-16(18)21-13(6)28/h3-5,7-11,14-15,23-27H,1-2,17H2,(H,29,30)(H,31,32)(H3,18,20,21,28)/t4-,5+,7+,8+,9+,10+,11-,14+,15+/m0/s1. The number of aromatic amines is 1. The van der Waals surface area contributed by atoms with Gasteiger partial charge in [-0.2, -0.15) is 9.29 Å². The second kappa shape index (κ2) is 11.2. The molecule has 39 heavy (non-hydrogen) atoms. The largest absolute Gasteiger partial charge is 0.483 e. The van der Waals surface area contributed by atoms with Gasteiger partial charge < -0.3 is 56.3 Å². The smallest absolute Gasteiger partial charge is 0.388 e. The number of ether oxygens (including phenoxy) is 2. The Morgan fingerprint density at radius 3 is 2.33 bits per heavy atom. The minimum absolute atomic E-state index is 0.106. The van der Waals surface area contributed by atoms with Crippen LogP contribution < -0.4 is 17.0 Å². The first kappa shape index (κ1) is 30.1. The van der Waals surface area contributed by atoms with Crippen LogP contribution in [0.5, 0.6) is 0 Å². The second-order valence-electron chi connectivity index (χ2n) is 8.49. The van der Waals surface area contributed by atoms with E-state index in [4.69, 9.17) is 20.9 Å². The molecule has 220 valence electrons. The van der Waals surface area contributed by atoms with Crippen molar-refractivity contribution in [3.8, 4) is 0 Å². The quantitative estimate of drug-likeness (QED) is 0.120. The fraction of sp³-hybridized carbons (Fsp3) is 0.688. The fourth-order valence-corrected chi connectivity index (χ4v) is 6.05. The van der Waals surface area contributed by atoms with Crippen LogP contribution in [0.3, 0.4) is 0 Å². The number of imidazole rings is 1. The van der Waals surface area contributed by atoms with Crippen molar-refractivity contribution in [2.45, 2.75) is 55.2 Å². The fourth-order valence-electron chi connectivity index (χ4n) is 3.90. The highest BCUT2D eigenvalue weighted by Crippen LogP contribution is 2.61. The Morgan fingerprint density at radius 2 is 1.67 bits per heavy atom. The summed E-state index contributed by atoms with van der Waals surface area (Å²) in [5.41, 5.74) is 9.92. The number of H-pyrrole nitrogens is 1. The molecule has 23 heteroatoms. The number of hydrogen-bond donors (Lipinski definition) is 10. The van der Waals surface area contributed by atoms with Crippen LogP contribution in [0.1, 0.15) is 6.23 Å². The van der Waals surface area contributed by atoms with Gasteiger partial charge in [0, 0.05) is 6.54 Å². The number of nitrogen functional groups attached to an aromatic ring is 1. The van der Waals surface area contributed by atoms with Gasteiger partial charge >= 0.3 is 15.6 Å². The Balaban J connectivity index is 1.39. The topological polar surface area (TPSA) is 338 Å². The van der Waals surface area contributed by atoms with Crippen molar-refractivity contribution in [3.63, 3.8) is 0 Å². The van der Waals surface area contributed by atoms with E-state index in [9.17, 15) is 49.2 Å². The minimum atomic E-state index is -5.55. The van der Waals surface area contributed by atoms with Gasteiger partial charge in [-0.25, -0.2) is 14.1 Å². The van der Waals surface area contributed by atoms with Crippen LogP contribution in [0.2, 0.25) is 0 Å². The van der Waals surface area contributed by atoms with E-state index in [1.807, 2.05) is 0 Å². The normalized spacial score (nSPS) is 36.6. The molecule has 0 amide bonds. The van der Waals surface area contributed by atoms with Crippen molar-refractivity contribution < 1.29 is 67.3 Å². The van der Waals surface area contributed by atoms with E-state index in [1.165, 1.54) is 0 Å². The molecule has 2 aromatic heterocycles. The molecule has 4 rings (SSSR count). The lowest BCUT2D eigenvalue weighted by Crippen LogP contribution is -2.59. The lowest BCUT2D eigenvalue weighted by molar-refractivity contribution is -0.273. The molecule has 0 spiro atoms. The third-order valence-corrected chi connectivity index (χ3v) is 8.41. The number of aliphatic hydroxyl groups is 5. The number of hydrogen-bond acceptors (Lipinski definition) is 17. The maximum Gasteiger partial charge on any atom is 0.483 e. The van der Waals surface area contributed by atoms with Crippen molar-refractivity contribution in [1.82, 2.24) is 19.5 Å². The van der Waals surface area contributed by atoms with Crippen molar-refractivity contribution in [1.29, 1.82) is 0 Å². The average molecular weight is 604 g/mol. The highest BCUT2D eigenvalue weighted by Gasteiger charge is 2.49. The zero-order valence-corrected chi connectivity index (χ0v) is 21.3. The number of fused-ring (bicyclic) bond motifs is 1. The number of nitrogens with zero attached hydrogens (tertiary/aromatic N) is 3. The third kappa shape index (κ3) is 6.22. The van der Waals surface area contributed by atoms with Crippen LogP contribution in [-0.2, 0) is 32.0 Å². The minimum Gasteiger partial charge on any atom is -0.388 e. The second-order valence-corrected chi connectivity index (χ2v) is 11.5. The predicted octanol–water partition coefficient (Wildman–Crippen LogP) is -4.66. The molecule has 2 fully saturated rings. The van der Waals surface area contributed by atoms with Crippen molar-refractivity contribution >= 4 is 32.8 Å². The molecule has 2 aliphatic rings. The van der Waals surface area contributed by atoms with Crippen LogP contribution in [0, 0.1) is 0 Å². The third-order valence-electron chi connectivity index (χ3n) is 5.81. The van der Waals surface area contributed by atoms with Crippen LogP contribution in [0.15, 0.2) is 11.1 Å². The Hall–Kier alpha value is -1.91. The monoisotopic (exact) mass is 604 g/mol. The first-order valence-corrected chi connectivity index (χ1v) is 14.0. The Kier molecular flexibility index (Phi) is 8.60. The lowest BCUT2D eigenvalue weighted by Gasteiger charge is -2.39. The van der Waals surface area contributed by atoms with Gasteiger partial charge in [0.1, 0.15) is 42.7 Å². The van der Waals surface area contributed by atoms with E-state index in [1.54, 1.807) is 0 Å². The van der Waals surface area contributed by atoms with E-state index < -0.39 is 89.6 Å². The summed E-state index contributed by atoms with van der Waals surface area (Å²) in [5, 5.41) is 50.3. The van der Waals surface area contributed by atoms with Gasteiger partial charge in [-0.15, -0.1) is 0 Å². The number of phosphoric acid groups is 2. The summed E-state index contributed by atoms with van der Waals surface area (Å²) in [7, 11) is -11.0. The van der Waals surface area contributed by atoms with E-state index >= 15 is 0 Å². The Labute approximate surface area is 216 Å². The predicted molar refractivity (Wildman–Crippen MR) is 122 cm³/mol. The highest BCUT2D eigenvalue weighted by molar-refractivity contribution is 7.61. The van der Waals surface area contributed by atoms with Gasteiger partial charge in [0.05, 0.1) is 12.9 Å². The van der Waals surface area contributed by atoms with Crippen molar-refractivity contribution in [3.05, 3.63) is 16.7 Å². The van der Waals surface area contributed by atoms with Crippen LogP contribution in [0.4, 0.5) is 5.95 Å². The van der Waals surface area contributed by atoms with E-state index in [0.717, 1.165) is 10.9 Å². The molecule has 2 aromatic rings. The maximum atomic E-state index is 12.3. The molecule has 0 saturated carbocycles. The van der Waals surface area contributed by atoms with Crippen molar-refractivity contribution in [2.75, 3.05) is 18.9 Å². The molecule has 2 unspecified atom stereocenters. The summed E-state index contributed by atoms with van der Waals surface area (Å²) in [6.45, 7) is -1.37. The summed E-state index contributed by atoms with van der Waals surface area (Å²) in [6, 6.07) is 0. The number of nitrogens with one attached hydrogen (secondary N) is 1. The van der Waals surface area contributed by atoms with Gasteiger partial charge in [0.25, 0.3) is 5.56 Å². The number of phosphoric ester groups is 2.